The molecule has 1 aromatic carbocycles. The van der Waals surface area contributed by atoms with Crippen LogP contribution in [0.5, 0.6) is 0 Å². The summed E-state index contributed by atoms with van der Waals surface area (Å²) in [5.41, 5.74) is 7.66. The van der Waals surface area contributed by atoms with Crippen LogP contribution in [0.15, 0.2) is 18.2 Å². The third-order valence-corrected chi connectivity index (χ3v) is 3.64. The molecule has 0 spiro atoms. The SMILES string of the molecule is Nc1ccc(COC2CCCCO2)c(I)c1. The molecule has 1 aromatic rings. The van der Waals surface area contributed by atoms with Gasteiger partial charge in [-0.25, -0.2) is 0 Å². The molecule has 1 saturated heterocycles. The molecule has 1 fully saturated rings. The van der Waals surface area contributed by atoms with Crippen LogP contribution in [0, 0.1) is 3.57 Å². The number of rotatable bonds is 3. The Bertz CT molecular complexity index is 351. The number of halogens is 1. The molecule has 2 N–H and O–H groups in total. The number of nitrogens with two attached hydrogens (primary N) is 1. The Kier molecular flexibility index (Phi) is 4.43. The first kappa shape index (κ1) is 12.1. The summed E-state index contributed by atoms with van der Waals surface area (Å²) in [7, 11) is 0. The molecular formula is C12H16INO2. The van der Waals surface area contributed by atoms with Crippen LogP contribution < -0.4 is 5.73 Å². The Labute approximate surface area is 109 Å². The lowest BCUT2D eigenvalue weighted by Crippen LogP contribution is -2.22. The van der Waals surface area contributed by atoms with Crippen LogP contribution in [0.25, 0.3) is 0 Å². The summed E-state index contributed by atoms with van der Waals surface area (Å²) in [5, 5.41) is 0. The predicted molar refractivity (Wildman–Crippen MR) is 72.0 cm³/mol. The van der Waals surface area contributed by atoms with Crippen LogP contribution in [-0.4, -0.2) is 12.9 Å². The molecule has 1 aliphatic rings. The Morgan fingerprint density at radius 2 is 2.31 bits per heavy atom. The summed E-state index contributed by atoms with van der Waals surface area (Å²) in [5.74, 6) is 0. The summed E-state index contributed by atoms with van der Waals surface area (Å²) in [6, 6.07) is 5.88. The minimum Gasteiger partial charge on any atom is -0.399 e. The average Bonchev–Trinajstić information content (AvgIpc) is 2.29. The lowest BCUT2D eigenvalue weighted by atomic mass is 10.2. The van der Waals surface area contributed by atoms with E-state index in [1.165, 1.54) is 12.0 Å². The molecular weight excluding hydrogens is 317 g/mol. The van der Waals surface area contributed by atoms with Gasteiger partial charge in [0.15, 0.2) is 6.29 Å². The topological polar surface area (TPSA) is 44.5 Å². The smallest absolute Gasteiger partial charge is 0.158 e. The van der Waals surface area contributed by atoms with E-state index in [2.05, 4.69) is 22.6 Å². The van der Waals surface area contributed by atoms with Crippen LogP contribution >= 0.6 is 22.6 Å². The Morgan fingerprint density at radius 3 is 3.00 bits per heavy atom. The van der Waals surface area contributed by atoms with Crippen molar-refractivity contribution in [3.8, 4) is 0 Å². The van der Waals surface area contributed by atoms with E-state index in [4.69, 9.17) is 15.2 Å². The van der Waals surface area contributed by atoms with E-state index >= 15 is 0 Å². The molecule has 3 nitrogen and oxygen atoms in total. The number of anilines is 1. The standard InChI is InChI=1S/C12H16INO2/c13-11-7-10(14)5-4-9(11)8-16-12-3-1-2-6-15-12/h4-5,7,12H,1-3,6,8,14H2. The van der Waals surface area contributed by atoms with Crippen molar-refractivity contribution in [1.29, 1.82) is 0 Å². The highest BCUT2D eigenvalue weighted by atomic mass is 127. The van der Waals surface area contributed by atoms with Gasteiger partial charge in [-0.2, -0.15) is 0 Å². The summed E-state index contributed by atoms with van der Waals surface area (Å²) < 4.78 is 12.4. The summed E-state index contributed by atoms with van der Waals surface area (Å²) in [6.45, 7) is 1.42. The van der Waals surface area contributed by atoms with E-state index in [0.29, 0.717) is 6.61 Å². The molecule has 1 unspecified atom stereocenters. The van der Waals surface area contributed by atoms with Crippen LogP contribution in [0.2, 0.25) is 0 Å². The lowest BCUT2D eigenvalue weighted by molar-refractivity contribution is -0.169. The molecule has 0 aliphatic carbocycles. The number of hydrogen-bond acceptors (Lipinski definition) is 3. The van der Waals surface area contributed by atoms with E-state index in [-0.39, 0.29) is 6.29 Å². The highest BCUT2D eigenvalue weighted by molar-refractivity contribution is 14.1. The van der Waals surface area contributed by atoms with E-state index in [1.54, 1.807) is 0 Å². The maximum Gasteiger partial charge on any atom is 0.158 e. The molecule has 0 radical (unpaired) electrons. The zero-order chi connectivity index (χ0) is 11.4. The molecule has 0 bridgehead atoms. The molecule has 1 heterocycles. The van der Waals surface area contributed by atoms with Crippen molar-refractivity contribution in [2.75, 3.05) is 12.3 Å². The van der Waals surface area contributed by atoms with Gasteiger partial charge in [-0.3, -0.25) is 0 Å². The average molecular weight is 333 g/mol. The zero-order valence-corrected chi connectivity index (χ0v) is 11.3. The fraction of sp³-hybridized carbons (Fsp3) is 0.500. The highest BCUT2D eigenvalue weighted by Gasteiger charge is 2.14. The number of nitrogen functional groups attached to an aromatic ring is 1. The summed E-state index contributed by atoms with van der Waals surface area (Å²) in [6.07, 6.45) is 3.33. The minimum atomic E-state index is -0.0258. The Morgan fingerprint density at radius 1 is 1.44 bits per heavy atom. The highest BCUT2D eigenvalue weighted by Crippen LogP contribution is 2.20. The predicted octanol–water partition coefficient (Wildman–Crippen LogP) is 2.92. The summed E-state index contributed by atoms with van der Waals surface area (Å²) in [4.78, 5) is 0. The third kappa shape index (κ3) is 3.33. The van der Waals surface area contributed by atoms with E-state index in [1.807, 2.05) is 18.2 Å². The van der Waals surface area contributed by atoms with E-state index in [9.17, 15) is 0 Å². The third-order valence-electron chi connectivity index (χ3n) is 2.64. The molecule has 2 rings (SSSR count). The molecule has 4 heteroatoms. The van der Waals surface area contributed by atoms with Crippen LogP contribution in [0.4, 0.5) is 5.69 Å². The Balaban J connectivity index is 1.88. The van der Waals surface area contributed by atoms with E-state index < -0.39 is 0 Å². The zero-order valence-electron chi connectivity index (χ0n) is 9.12. The molecule has 16 heavy (non-hydrogen) atoms. The van der Waals surface area contributed by atoms with Crippen molar-refractivity contribution in [2.45, 2.75) is 32.2 Å². The van der Waals surface area contributed by atoms with Crippen molar-refractivity contribution in [1.82, 2.24) is 0 Å². The van der Waals surface area contributed by atoms with Gasteiger partial charge < -0.3 is 15.2 Å². The van der Waals surface area contributed by atoms with Gasteiger partial charge >= 0.3 is 0 Å². The number of benzene rings is 1. The first-order valence-electron chi connectivity index (χ1n) is 5.53. The van der Waals surface area contributed by atoms with Crippen molar-refractivity contribution in [3.05, 3.63) is 27.3 Å². The van der Waals surface area contributed by atoms with Crippen LogP contribution in [0.1, 0.15) is 24.8 Å². The molecule has 88 valence electrons. The van der Waals surface area contributed by atoms with Crippen LogP contribution in [0.3, 0.4) is 0 Å². The Hall–Kier alpha value is -0.330. The van der Waals surface area contributed by atoms with Crippen LogP contribution in [-0.2, 0) is 16.1 Å². The molecule has 1 aliphatic heterocycles. The second-order valence-electron chi connectivity index (χ2n) is 3.96. The molecule has 1 atom stereocenters. The first-order chi connectivity index (χ1) is 7.75. The molecule has 0 amide bonds. The van der Waals surface area contributed by atoms with Gasteiger partial charge in [-0.05, 0) is 59.5 Å². The lowest BCUT2D eigenvalue weighted by Gasteiger charge is -2.22. The fourth-order valence-corrected chi connectivity index (χ4v) is 2.40. The van der Waals surface area contributed by atoms with Crippen molar-refractivity contribution >= 4 is 28.3 Å². The fourth-order valence-electron chi connectivity index (χ4n) is 1.71. The van der Waals surface area contributed by atoms with Crippen molar-refractivity contribution in [2.24, 2.45) is 0 Å². The van der Waals surface area contributed by atoms with E-state index in [0.717, 1.165) is 28.7 Å². The first-order valence-corrected chi connectivity index (χ1v) is 6.60. The normalized spacial score (nSPS) is 20.9. The van der Waals surface area contributed by atoms with Crippen molar-refractivity contribution < 1.29 is 9.47 Å². The monoisotopic (exact) mass is 333 g/mol. The van der Waals surface area contributed by atoms with Gasteiger partial charge in [0.25, 0.3) is 0 Å². The maximum absolute atomic E-state index is 5.72. The van der Waals surface area contributed by atoms with Gasteiger partial charge in [0, 0.05) is 15.9 Å². The summed E-state index contributed by atoms with van der Waals surface area (Å²) >= 11 is 2.28. The minimum absolute atomic E-state index is 0.0258. The second kappa shape index (κ2) is 5.84. The molecule has 0 aromatic heterocycles. The van der Waals surface area contributed by atoms with Crippen molar-refractivity contribution in [3.63, 3.8) is 0 Å². The van der Waals surface area contributed by atoms with Gasteiger partial charge in [-0.15, -0.1) is 0 Å². The molecule has 0 saturated carbocycles. The van der Waals surface area contributed by atoms with Gasteiger partial charge in [0.2, 0.25) is 0 Å². The quantitative estimate of drug-likeness (QED) is 0.683. The number of ether oxygens (including phenoxy) is 2. The van der Waals surface area contributed by atoms with Gasteiger partial charge in [0.05, 0.1) is 6.61 Å². The largest absolute Gasteiger partial charge is 0.399 e. The van der Waals surface area contributed by atoms with Gasteiger partial charge in [0.1, 0.15) is 0 Å². The van der Waals surface area contributed by atoms with Gasteiger partial charge in [-0.1, -0.05) is 6.07 Å². The number of hydrogen-bond donors (Lipinski definition) is 1. The maximum atomic E-state index is 5.72. The second-order valence-corrected chi connectivity index (χ2v) is 5.12.